The van der Waals surface area contributed by atoms with Crippen LogP contribution in [0.5, 0.6) is 0 Å². The van der Waals surface area contributed by atoms with Gasteiger partial charge in [0.05, 0.1) is 6.10 Å². The third-order valence-electron chi connectivity index (χ3n) is 3.86. The minimum Gasteiger partial charge on any atom is -0.378 e. The molecule has 0 amide bonds. The highest BCUT2D eigenvalue weighted by Gasteiger charge is 2.38. The number of rotatable bonds is 5. The molecule has 0 bridgehead atoms. The Morgan fingerprint density at radius 2 is 2.12 bits per heavy atom. The second-order valence-corrected chi connectivity index (χ2v) is 5.45. The number of alkyl halides is 2. The normalized spacial score (nSPS) is 32.8. The number of halogens is 2. The van der Waals surface area contributed by atoms with Crippen LogP contribution in [0.25, 0.3) is 0 Å². The van der Waals surface area contributed by atoms with Crippen LogP contribution in [-0.2, 0) is 4.74 Å². The minimum atomic E-state index is -2.40. The molecular formula is C13H23F2NO. The zero-order valence-corrected chi connectivity index (χ0v) is 10.4. The minimum absolute atomic E-state index is 0.0694. The van der Waals surface area contributed by atoms with Gasteiger partial charge in [-0.1, -0.05) is 0 Å². The molecule has 2 nitrogen and oxygen atoms in total. The summed E-state index contributed by atoms with van der Waals surface area (Å²) < 4.78 is 31.5. The second-order valence-electron chi connectivity index (χ2n) is 5.45. The molecule has 2 atom stereocenters. The van der Waals surface area contributed by atoms with Crippen LogP contribution in [0.15, 0.2) is 0 Å². The fraction of sp³-hybridized carbons (Fsp3) is 1.00. The Kier molecular flexibility index (Phi) is 4.74. The fourth-order valence-corrected chi connectivity index (χ4v) is 2.82. The van der Waals surface area contributed by atoms with Crippen LogP contribution in [0.2, 0.25) is 0 Å². The van der Waals surface area contributed by atoms with E-state index in [1.165, 1.54) is 12.8 Å². The molecule has 1 saturated heterocycles. The third kappa shape index (κ3) is 4.51. The van der Waals surface area contributed by atoms with E-state index in [4.69, 9.17) is 4.74 Å². The zero-order valence-electron chi connectivity index (χ0n) is 10.4. The molecule has 2 aliphatic rings. The van der Waals surface area contributed by atoms with Gasteiger partial charge in [0.25, 0.3) is 0 Å². The largest absolute Gasteiger partial charge is 0.378 e. The van der Waals surface area contributed by atoms with Crippen molar-refractivity contribution in [2.45, 2.75) is 57.0 Å². The summed E-state index contributed by atoms with van der Waals surface area (Å²) in [5.41, 5.74) is 0. The van der Waals surface area contributed by atoms with Crippen molar-refractivity contribution < 1.29 is 13.5 Å². The van der Waals surface area contributed by atoms with Crippen LogP contribution in [0, 0.1) is 5.92 Å². The van der Waals surface area contributed by atoms with E-state index in [1.807, 2.05) is 0 Å². The summed E-state index contributed by atoms with van der Waals surface area (Å²) in [5, 5.41) is 3.30. The van der Waals surface area contributed by atoms with Gasteiger partial charge in [-0.15, -0.1) is 0 Å². The molecular weight excluding hydrogens is 224 g/mol. The smallest absolute Gasteiger partial charge is 0.248 e. The van der Waals surface area contributed by atoms with E-state index < -0.39 is 5.92 Å². The Bertz CT molecular complexity index is 229. The number of hydrogen-bond donors (Lipinski definition) is 1. The molecule has 0 aromatic rings. The highest BCUT2D eigenvalue weighted by Crippen LogP contribution is 2.38. The van der Waals surface area contributed by atoms with Gasteiger partial charge in [0, 0.05) is 19.4 Å². The zero-order chi connectivity index (χ0) is 12.1. The molecule has 0 spiro atoms. The Balaban J connectivity index is 1.51. The van der Waals surface area contributed by atoms with Crippen LogP contribution >= 0.6 is 0 Å². The monoisotopic (exact) mass is 247 g/mol. The maximum atomic E-state index is 12.9. The summed E-state index contributed by atoms with van der Waals surface area (Å²) in [4.78, 5) is 0. The lowest BCUT2D eigenvalue weighted by Crippen LogP contribution is -2.28. The molecule has 1 saturated carbocycles. The molecule has 2 unspecified atom stereocenters. The van der Waals surface area contributed by atoms with Crippen LogP contribution in [0.4, 0.5) is 8.78 Å². The lowest BCUT2D eigenvalue weighted by atomic mass is 10.1. The van der Waals surface area contributed by atoms with Gasteiger partial charge in [0.1, 0.15) is 0 Å². The van der Waals surface area contributed by atoms with Gasteiger partial charge in [-0.3, -0.25) is 0 Å². The predicted molar refractivity (Wildman–Crippen MR) is 63.4 cm³/mol. The fourth-order valence-electron chi connectivity index (χ4n) is 2.82. The highest BCUT2D eigenvalue weighted by atomic mass is 19.3. The first-order chi connectivity index (χ1) is 8.16. The molecule has 2 fully saturated rings. The van der Waals surface area contributed by atoms with Gasteiger partial charge in [-0.25, -0.2) is 8.78 Å². The van der Waals surface area contributed by atoms with Crippen molar-refractivity contribution in [1.29, 1.82) is 0 Å². The van der Waals surface area contributed by atoms with Crippen LogP contribution in [0.1, 0.15) is 44.9 Å². The van der Waals surface area contributed by atoms with E-state index in [2.05, 4.69) is 5.32 Å². The summed E-state index contributed by atoms with van der Waals surface area (Å²) in [6.07, 6.45) is 5.82. The van der Waals surface area contributed by atoms with Gasteiger partial charge in [0.2, 0.25) is 5.92 Å². The molecule has 1 aliphatic heterocycles. The molecule has 100 valence electrons. The van der Waals surface area contributed by atoms with E-state index in [9.17, 15) is 8.78 Å². The summed E-state index contributed by atoms with van der Waals surface area (Å²) in [6, 6.07) is 0. The Hall–Kier alpha value is -0.220. The van der Waals surface area contributed by atoms with E-state index in [-0.39, 0.29) is 18.8 Å². The molecule has 2 rings (SSSR count). The molecule has 17 heavy (non-hydrogen) atoms. The van der Waals surface area contributed by atoms with Crippen LogP contribution in [0.3, 0.4) is 0 Å². The maximum absolute atomic E-state index is 12.9. The molecule has 0 aromatic heterocycles. The van der Waals surface area contributed by atoms with Gasteiger partial charge >= 0.3 is 0 Å². The van der Waals surface area contributed by atoms with Gasteiger partial charge in [-0.2, -0.15) is 0 Å². The first-order valence-electron chi connectivity index (χ1n) is 6.86. The Morgan fingerprint density at radius 1 is 1.24 bits per heavy atom. The average Bonchev–Trinajstić information content (AvgIpc) is 2.66. The summed E-state index contributed by atoms with van der Waals surface area (Å²) in [5.74, 6) is -2.24. The Morgan fingerprint density at radius 3 is 2.76 bits per heavy atom. The van der Waals surface area contributed by atoms with E-state index in [1.54, 1.807) is 0 Å². The predicted octanol–water partition coefficient (Wildman–Crippen LogP) is 2.97. The molecule has 1 aliphatic carbocycles. The number of hydrogen-bond acceptors (Lipinski definition) is 2. The quantitative estimate of drug-likeness (QED) is 0.754. The molecule has 0 aromatic carbocycles. The van der Waals surface area contributed by atoms with Crippen molar-refractivity contribution in [3.05, 3.63) is 0 Å². The van der Waals surface area contributed by atoms with Crippen LogP contribution < -0.4 is 5.32 Å². The van der Waals surface area contributed by atoms with E-state index in [0.29, 0.717) is 12.5 Å². The molecule has 1 heterocycles. The topological polar surface area (TPSA) is 21.3 Å². The SMILES string of the molecule is FC1(F)CCC(CNCCC2CCCCO2)C1. The maximum Gasteiger partial charge on any atom is 0.248 e. The second kappa shape index (κ2) is 6.10. The van der Waals surface area contributed by atoms with Crippen molar-refractivity contribution in [3.8, 4) is 0 Å². The molecule has 1 N–H and O–H groups in total. The lowest BCUT2D eigenvalue weighted by molar-refractivity contribution is 0.00430. The summed E-state index contributed by atoms with van der Waals surface area (Å²) >= 11 is 0. The molecule has 0 radical (unpaired) electrons. The van der Waals surface area contributed by atoms with E-state index in [0.717, 1.165) is 32.5 Å². The van der Waals surface area contributed by atoms with Crippen molar-refractivity contribution >= 4 is 0 Å². The van der Waals surface area contributed by atoms with E-state index >= 15 is 0 Å². The summed E-state index contributed by atoms with van der Waals surface area (Å²) in [6.45, 7) is 2.52. The first-order valence-corrected chi connectivity index (χ1v) is 6.86. The van der Waals surface area contributed by atoms with Crippen molar-refractivity contribution in [2.75, 3.05) is 19.7 Å². The average molecular weight is 247 g/mol. The highest BCUT2D eigenvalue weighted by molar-refractivity contribution is 4.82. The van der Waals surface area contributed by atoms with Gasteiger partial charge in [-0.05, 0) is 51.1 Å². The summed E-state index contributed by atoms with van der Waals surface area (Å²) in [7, 11) is 0. The first kappa shape index (κ1) is 13.2. The van der Waals surface area contributed by atoms with Crippen molar-refractivity contribution in [1.82, 2.24) is 5.32 Å². The lowest BCUT2D eigenvalue weighted by Gasteiger charge is -2.22. The number of nitrogens with one attached hydrogen (secondary N) is 1. The third-order valence-corrected chi connectivity index (χ3v) is 3.86. The van der Waals surface area contributed by atoms with Gasteiger partial charge < -0.3 is 10.1 Å². The standard InChI is InChI=1S/C13H23F2NO/c14-13(15)6-4-11(9-13)10-16-7-5-12-3-1-2-8-17-12/h11-12,16H,1-10H2. The van der Waals surface area contributed by atoms with Crippen LogP contribution in [-0.4, -0.2) is 31.7 Å². The van der Waals surface area contributed by atoms with Gasteiger partial charge in [0.15, 0.2) is 0 Å². The van der Waals surface area contributed by atoms with Crippen molar-refractivity contribution in [3.63, 3.8) is 0 Å². The molecule has 4 heteroatoms. The Labute approximate surface area is 102 Å². The van der Waals surface area contributed by atoms with Crippen molar-refractivity contribution in [2.24, 2.45) is 5.92 Å². The number of ether oxygens (including phenoxy) is 1.